The van der Waals surface area contributed by atoms with Gasteiger partial charge in [0.15, 0.2) is 0 Å². The number of piperidine rings is 1. The van der Waals surface area contributed by atoms with E-state index in [2.05, 4.69) is 15.0 Å². The summed E-state index contributed by atoms with van der Waals surface area (Å²) in [7, 11) is 0. The van der Waals surface area contributed by atoms with E-state index in [1.54, 1.807) is 35.6 Å². The van der Waals surface area contributed by atoms with Gasteiger partial charge in [-0.05, 0) is 25.0 Å². The van der Waals surface area contributed by atoms with Gasteiger partial charge in [0.05, 0.1) is 30.0 Å². The van der Waals surface area contributed by atoms with Crippen molar-refractivity contribution in [3.8, 4) is 5.88 Å². The molecule has 1 fully saturated rings. The van der Waals surface area contributed by atoms with Crippen molar-refractivity contribution in [1.29, 1.82) is 0 Å². The summed E-state index contributed by atoms with van der Waals surface area (Å²) >= 11 is 0. The maximum atomic E-state index is 12.7. The van der Waals surface area contributed by atoms with Gasteiger partial charge in [0.1, 0.15) is 6.10 Å². The van der Waals surface area contributed by atoms with E-state index in [9.17, 15) is 9.59 Å². The van der Waals surface area contributed by atoms with Crippen molar-refractivity contribution in [2.45, 2.75) is 31.9 Å². The van der Waals surface area contributed by atoms with Gasteiger partial charge in [-0.2, -0.15) is 0 Å². The Hall–Kier alpha value is -3.29. The van der Waals surface area contributed by atoms with E-state index in [0.717, 1.165) is 12.8 Å². The van der Waals surface area contributed by atoms with E-state index in [0.29, 0.717) is 36.4 Å². The van der Waals surface area contributed by atoms with Crippen molar-refractivity contribution in [2.75, 3.05) is 13.1 Å². The van der Waals surface area contributed by atoms with Gasteiger partial charge in [0, 0.05) is 31.9 Å². The fourth-order valence-electron chi connectivity index (χ4n) is 3.42. The predicted molar refractivity (Wildman–Crippen MR) is 103 cm³/mol. The number of hydrogen-bond acceptors (Lipinski definition) is 6. The SMILES string of the molecule is O=C(CCn1cnc2ccccc2c1=O)N1CCC[C@@H](Oc2cnccn2)C1. The molecule has 1 atom stereocenters. The van der Waals surface area contributed by atoms with Crippen LogP contribution in [-0.4, -0.2) is 49.5 Å². The lowest BCUT2D eigenvalue weighted by Crippen LogP contribution is -2.44. The number of carbonyl (C=O) groups excluding carboxylic acids is 1. The maximum Gasteiger partial charge on any atom is 0.261 e. The summed E-state index contributed by atoms with van der Waals surface area (Å²) in [5.41, 5.74) is 0.538. The second-order valence-electron chi connectivity index (χ2n) is 6.78. The average molecular weight is 379 g/mol. The van der Waals surface area contributed by atoms with Crippen LogP contribution in [0, 0.1) is 0 Å². The molecule has 0 N–H and O–H groups in total. The molecule has 1 aliphatic heterocycles. The maximum absolute atomic E-state index is 12.7. The zero-order valence-corrected chi connectivity index (χ0v) is 15.4. The minimum atomic E-state index is -0.124. The van der Waals surface area contributed by atoms with Crippen molar-refractivity contribution in [3.05, 3.63) is 59.5 Å². The number of para-hydroxylation sites is 1. The molecule has 8 heteroatoms. The molecule has 3 heterocycles. The van der Waals surface area contributed by atoms with Gasteiger partial charge in [-0.15, -0.1) is 0 Å². The monoisotopic (exact) mass is 379 g/mol. The third kappa shape index (κ3) is 4.00. The first-order valence-electron chi connectivity index (χ1n) is 9.35. The van der Waals surface area contributed by atoms with E-state index in [1.165, 1.54) is 10.9 Å². The molecule has 8 nitrogen and oxygen atoms in total. The average Bonchev–Trinajstić information content (AvgIpc) is 2.74. The first-order chi connectivity index (χ1) is 13.7. The number of ether oxygens (including phenoxy) is 1. The van der Waals surface area contributed by atoms with Crippen LogP contribution in [0.5, 0.6) is 5.88 Å². The lowest BCUT2D eigenvalue weighted by molar-refractivity contribution is -0.134. The summed E-state index contributed by atoms with van der Waals surface area (Å²) in [6.45, 7) is 1.52. The largest absolute Gasteiger partial charge is 0.471 e. The lowest BCUT2D eigenvalue weighted by atomic mass is 10.1. The van der Waals surface area contributed by atoms with Gasteiger partial charge in [-0.1, -0.05) is 12.1 Å². The number of fused-ring (bicyclic) bond motifs is 1. The standard InChI is InChI=1S/C20H21N5O3/c26-19(7-11-25-14-23-17-6-2-1-5-16(17)20(25)27)24-10-3-4-15(13-24)28-18-12-21-8-9-22-18/h1-2,5-6,8-9,12,14-15H,3-4,7,10-11,13H2/t15-/m1/s1. The summed E-state index contributed by atoms with van der Waals surface area (Å²) in [6, 6.07) is 7.21. The van der Waals surface area contributed by atoms with Gasteiger partial charge < -0.3 is 9.64 Å². The highest BCUT2D eigenvalue weighted by atomic mass is 16.5. The van der Waals surface area contributed by atoms with Gasteiger partial charge >= 0.3 is 0 Å². The fraction of sp³-hybridized carbons (Fsp3) is 0.350. The molecule has 1 amide bonds. The molecule has 28 heavy (non-hydrogen) atoms. The van der Waals surface area contributed by atoms with Crippen LogP contribution in [0.15, 0.2) is 54.0 Å². The Morgan fingerprint density at radius 3 is 2.96 bits per heavy atom. The summed E-state index contributed by atoms with van der Waals surface area (Å²) in [5.74, 6) is 0.475. The Labute approximate surface area is 161 Å². The van der Waals surface area contributed by atoms with Crippen LogP contribution < -0.4 is 10.3 Å². The summed E-state index contributed by atoms with van der Waals surface area (Å²) in [4.78, 5) is 39.4. The Morgan fingerprint density at radius 1 is 1.21 bits per heavy atom. The third-order valence-electron chi connectivity index (χ3n) is 4.86. The number of likely N-dealkylation sites (tertiary alicyclic amines) is 1. The molecule has 1 saturated heterocycles. The van der Waals surface area contributed by atoms with Gasteiger partial charge in [0.2, 0.25) is 11.8 Å². The Morgan fingerprint density at radius 2 is 2.11 bits per heavy atom. The molecule has 0 spiro atoms. The van der Waals surface area contributed by atoms with E-state index in [1.807, 2.05) is 12.1 Å². The van der Waals surface area contributed by atoms with Crippen LogP contribution in [-0.2, 0) is 11.3 Å². The quantitative estimate of drug-likeness (QED) is 0.670. The van der Waals surface area contributed by atoms with E-state index in [-0.39, 0.29) is 24.0 Å². The van der Waals surface area contributed by atoms with Crippen molar-refractivity contribution in [3.63, 3.8) is 0 Å². The number of hydrogen-bond donors (Lipinski definition) is 0. The van der Waals surface area contributed by atoms with E-state index in [4.69, 9.17) is 4.74 Å². The van der Waals surface area contributed by atoms with E-state index >= 15 is 0 Å². The van der Waals surface area contributed by atoms with Gasteiger partial charge in [-0.25, -0.2) is 9.97 Å². The molecule has 0 unspecified atom stereocenters. The van der Waals surface area contributed by atoms with Crippen molar-refractivity contribution in [2.24, 2.45) is 0 Å². The first kappa shape index (κ1) is 18.1. The van der Waals surface area contributed by atoms with Crippen LogP contribution in [0.25, 0.3) is 10.9 Å². The molecule has 3 aromatic rings. The number of aryl methyl sites for hydroxylation is 1. The van der Waals surface area contributed by atoms with Crippen LogP contribution in [0.4, 0.5) is 0 Å². The number of nitrogens with zero attached hydrogens (tertiary/aromatic N) is 5. The number of aromatic nitrogens is 4. The predicted octanol–water partition coefficient (Wildman–Crippen LogP) is 1.65. The van der Waals surface area contributed by atoms with Crippen LogP contribution in [0.1, 0.15) is 19.3 Å². The molecule has 0 saturated carbocycles. The van der Waals surface area contributed by atoms with Crippen molar-refractivity contribution >= 4 is 16.8 Å². The highest BCUT2D eigenvalue weighted by Crippen LogP contribution is 2.16. The van der Waals surface area contributed by atoms with Crippen LogP contribution >= 0.6 is 0 Å². The number of rotatable bonds is 5. The topological polar surface area (TPSA) is 90.2 Å². The Kier molecular flexibility index (Phi) is 5.27. The number of carbonyl (C=O) groups is 1. The van der Waals surface area contributed by atoms with Gasteiger partial charge in [-0.3, -0.25) is 19.1 Å². The Bertz CT molecular complexity index is 1020. The minimum absolute atomic E-state index is 0.00695. The van der Waals surface area contributed by atoms with Crippen LogP contribution in [0.3, 0.4) is 0 Å². The van der Waals surface area contributed by atoms with Gasteiger partial charge in [0.25, 0.3) is 5.56 Å². The van der Waals surface area contributed by atoms with Crippen molar-refractivity contribution < 1.29 is 9.53 Å². The highest BCUT2D eigenvalue weighted by Gasteiger charge is 2.25. The Balaban J connectivity index is 1.37. The highest BCUT2D eigenvalue weighted by molar-refractivity contribution is 5.77. The zero-order valence-electron chi connectivity index (χ0n) is 15.4. The van der Waals surface area contributed by atoms with Crippen molar-refractivity contribution in [1.82, 2.24) is 24.4 Å². The molecule has 4 rings (SSSR count). The second kappa shape index (κ2) is 8.16. The molecule has 0 bridgehead atoms. The summed E-state index contributed by atoms with van der Waals surface area (Å²) in [5, 5.41) is 0.563. The normalized spacial score (nSPS) is 16.9. The molecule has 0 radical (unpaired) electrons. The third-order valence-corrected chi connectivity index (χ3v) is 4.86. The zero-order chi connectivity index (χ0) is 19.3. The van der Waals surface area contributed by atoms with E-state index < -0.39 is 0 Å². The first-order valence-corrected chi connectivity index (χ1v) is 9.35. The molecule has 0 aliphatic carbocycles. The lowest BCUT2D eigenvalue weighted by Gasteiger charge is -2.32. The molecule has 1 aromatic carbocycles. The number of amides is 1. The molecule has 1 aliphatic rings. The fourth-order valence-corrected chi connectivity index (χ4v) is 3.42. The molecular formula is C20H21N5O3. The summed E-state index contributed by atoms with van der Waals surface area (Å²) < 4.78 is 7.33. The molecular weight excluding hydrogens is 358 g/mol. The molecule has 2 aromatic heterocycles. The molecule has 144 valence electrons. The smallest absolute Gasteiger partial charge is 0.261 e. The number of benzene rings is 1. The summed E-state index contributed by atoms with van der Waals surface area (Å²) in [6.07, 6.45) is 8.14. The minimum Gasteiger partial charge on any atom is -0.471 e. The second-order valence-corrected chi connectivity index (χ2v) is 6.78. The van der Waals surface area contributed by atoms with Crippen LogP contribution in [0.2, 0.25) is 0 Å².